The van der Waals surface area contributed by atoms with Crippen LogP contribution in [0.15, 0.2) is 54.6 Å². The van der Waals surface area contributed by atoms with E-state index in [1.165, 1.54) is 18.2 Å². The SMILES string of the molecule is O=C(Cc1ccccc1[N+](=O)[O-])N1C(=O)OC[C@H]1Cc1ccccc1. The molecule has 0 aromatic heterocycles. The lowest BCUT2D eigenvalue weighted by atomic mass is 10.0. The third-order valence-corrected chi connectivity index (χ3v) is 4.07. The minimum absolute atomic E-state index is 0.121. The Morgan fingerprint density at radius 2 is 1.84 bits per heavy atom. The number of nitro benzene ring substituents is 1. The summed E-state index contributed by atoms with van der Waals surface area (Å²) in [4.78, 5) is 36.2. The zero-order valence-corrected chi connectivity index (χ0v) is 13.3. The standard InChI is InChI=1S/C18H16N2O5/c21-17(11-14-8-4-5-9-16(14)20(23)24)19-15(12-25-18(19)22)10-13-6-2-1-3-7-13/h1-9,15H,10-12H2/t15-/m1/s1. The molecule has 3 rings (SSSR count). The first-order chi connectivity index (χ1) is 12.1. The normalized spacial score (nSPS) is 16.6. The summed E-state index contributed by atoms with van der Waals surface area (Å²) in [6.45, 7) is 0.121. The highest BCUT2D eigenvalue weighted by molar-refractivity contribution is 5.95. The molecule has 2 aromatic carbocycles. The first-order valence-corrected chi connectivity index (χ1v) is 7.81. The summed E-state index contributed by atoms with van der Waals surface area (Å²) in [5.41, 5.74) is 1.12. The van der Waals surface area contributed by atoms with Crippen LogP contribution in [0.3, 0.4) is 0 Å². The van der Waals surface area contributed by atoms with Crippen molar-refractivity contribution in [3.63, 3.8) is 0 Å². The van der Waals surface area contributed by atoms with E-state index in [0.29, 0.717) is 6.42 Å². The third-order valence-electron chi connectivity index (χ3n) is 4.07. The lowest BCUT2D eigenvalue weighted by molar-refractivity contribution is -0.385. The van der Waals surface area contributed by atoms with Crippen molar-refractivity contribution in [3.8, 4) is 0 Å². The lowest BCUT2D eigenvalue weighted by Crippen LogP contribution is -2.41. The molecule has 0 bridgehead atoms. The van der Waals surface area contributed by atoms with Crippen LogP contribution in [0.4, 0.5) is 10.5 Å². The van der Waals surface area contributed by atoms with Gasteiger partial charge >= 0.3 is 6.09 Å². The van der Waals surface area contributed by atoms with Crippen molar-refractivity contribution in [2.45, 2.75) is 18.9 Å². The highest BCUT2D eigenvalue weighted by Gasteiger charge is 2.38. The van der Waals surface area contributed by atoms with Gasteiger partial charge in [-0.05, 0) is 12.0 Å². The van der Waals surface area contributed by atoms with Gasteiger partial charge in [0.1, 0.15) is 6.61 Å². The van der Waals surface area contributed by atoms with E-state index >= 15 is 0 Å². The highest BCUT2D eigenvalue weighted by atomic mass is 16.6. The van der Waals surface area contributed by atoms with Gasteiger partial charge in [-0.3, -0.25) is 14.9 Å². The number of nitrogens with zero attached hydrogens (tertiary/aromatic N) is 2. The van der Waals surface area contributed by atoms with E-state index < -0.39 is 23.0 Å². The van der Waals surface area contributed by atoms with E-state index in [-0.39, 0.29) is 24.3 Å². The maximum absolute atomic E-state index is 12.6. The lowest BCUT2D eigenvalue weighted by Gasteiger charge is -2.19. The van der Waals surface area contributed by atoms with E-state index in [4.69, 9.17) is 4.74 Å². The van der Waals surface area contributed by atoms with Crippen LogP contribution < -0.4 is 0 Å². The number of cyclic esters (lactones) is 1. The van der Waals surface area contributed by atoms with E-state index in [1.54, 1.807) is 6.07 Å². The molecule has 0 N–H and O–H groups in total. The van der Waals surface area contributed by atoms with Crippen molar-refractivity contribution in [1.82, 2.24) is 4.90 Å². The minimum atomic E-state index is -0.704. The fraction of sp³-hybridized carbons (Fsp3) is 0.222. The summed E-state index contributed by atoms with van der Waals surface area (Å²) < 4.78 is 5.02. The Bertz CT molecular complexity index is 806. The first kappa shape index (κ1) is 16.6. The Morgan fingerprint density at radius 1 is 1.16 bits per heavy atom. The molecule has 1 fully saturated rings. The zero-order chi connectivity index (χ0) is 17.8. The Balaban J connectivity index is 1.78. The summed E-state index contributed by atoms with van der Waals surface area (Å²) in [6.07, 6.45) is -0.447. The molecule has 0 saturated carbocycles. The van der Waals surface area contributed by atoms with Crippen LogP contribution in [-0.2, 0) is 22.4 Å². The second-order valence-electron chi connectivity index (χ2n) is 5.75. The number of imide groups is 1. The highest BCUT2D eigenvalue weighted by Crippen LogP contribution is 2.22. The monoisotopic (exact) mass is 340 g/mol. The average molecular weight is 340 g/mol. The van der Waals surface area contributed by atoms with Crippen LogP contribution in [0.1, 0.15) is 11.1 Å². The molecule has 128 valence electrons. The predicted molar refractivity (Wildman–Crippen MR) is 88.9 cm³/mol. The van der Waals surface area contributed by atoms with Crippen LogP contribution in [0, 0.1) is 10.1 Å². The molecule has 1 saturated heterocycles. The van der Waals surface area contributed by atoms with Crippen molar-refractivity contribution in [3.05, 3.63) is 75.8 Å². The molecular weight excluding hydrogens is 324 g/mol. The molecule has 25 heavy (non-hydrogen) atoms. The minimum Gasteiger partial charge on any atom is -0.447 e. The van der Waals surface area contributed by atoms with Gasteiger partial charge < -0.3 is 4.74 Å². The molecule has 7 heteroatoms. The largest absolute Gasteiger partial charge is 0.447 e. The molecule has 1 atom stereocenters. The number of hydrogen-bond donors (Lipinski definition) is 0. The topological polar surface area (TPSA) is 89.8 Å². The van der Waals surface area contributed by atoms with E-state index in [2.05, 4.69) is 0 Å². The number of rotatable bonds is 5. The molecule has 0 aliphatic carbocycles. The van der Waals surface area contributed by atoms with Crippen molar-refractivity contribution in [2.75, 3.05) is 6.61 Å². The second kappa shape index (κ2) is 7.12. The zero-order valence-electron chi connectivity index (χ0n) is 13.3. The molecule has 7 nitrogen and oxygen atoms in total. The number of benzene rings is 2. The second-order valence-corrected chi connectivity index (χ2v) is 5.75. The summed E-state index contributed by atoms with van der Waals surface area (Å²) >= 11 is 0. The molecule has 0 spiro atoms. The van der Waals surface area contributed by atoms with Crippen molar-refractivity contribution >= 4 is 17.7 Å². The van der Waals surface area contributed by atoms with Crippen LogP contribution in [0.25, 0.3) is 0 Å². The quantitative estimate of drug-likeness (QED) is 0.617. The van der Waals surface area contributed by atoms with Gasteiger partial charge in [0.2, 0.25) is 5.91 Å². The van der Waals surface area contributed by atoms with Crippen LogP contribution in [0.2, 0.25) is 0 Å². The number of hydrogen-bond acceptors (Lipinski definition) is 5. The first-order valence-electron chi connectivity index (χ1n) is 7.81. The van der Waals surface area contributed by atoms with Gasteiger partial charge in [-0.25, -0.2) is 9.69 Å². The van der Waals surface area contributed by atoms with Crippen molar-refractivity contribution in [1.29, 1.82) is 0 Å². The molecule has 2 aromatic rings. The van der Waals surface area contributed by atoms with Gasteiger partial charge in [0.15, 0.2) is 0 Å². The molecule has 0 unspecified atom stereocenters. The number of para-hydroxylation sites is 1. The molecule has 2 amide bonds. The Labute approximate surface area is 144 Å². The van der Waals surface area contributed by atoms with Crippen LogP contribution in [-0.4, -0.2) is 34.5 Å². The molecule has 1 aliphatic rings. The van der Waals surface area contributed by atoms with Gasteiger partial charge in [-0.15, -0.1) is 0 Å². The number of carbonyl (C=O) groups excluding carboxylic acids is 2. The van der Waals surface area contributed by atoms with Gasteiger partial charge in [0.05, 0.1) is 17.4 Å². The maximum atomic E-state index is 12.6. The van der Waals surface area contributed by atoms with Gasteiger partial charge in [-0.1, -0.05) is 48.5 Å². The van der Waals surface area contributed by atoms with Crippen molar-refractivity contribution in [2.24, 2.45) is 0 Å². The molecule has 1 heterocycles. The fourth-order valence-electron chi connectivity index (χ4n) is 2.89. The average Bonchev–Trinajstić information content (AvgIpc) is 2.96. The third kappa shape index (κ3) is 3.65. The summed E-state index contributed by atoms with van der Waals surface area (Å²) in [6, 6.07) is 15.1. The number of nitro groups is 1. The van der Waals surface area contributed by atoms with Gasteiger partial charge in [0, 0.05) is 11.6 Å². The van der Waals surface area contributed by atoms with Gasteiger partial charge in [0.25, 0.3) is 5.69 Å². The fourth-order valence-corrected chi connectivity index (χ4v) is 2.89. The van der Waals surface area contributed by atoms with Crippen LogP contribution in [0.5, 0.6) is 0 Å². The Kier molecular flexibility index (Phi) is 4.74. The van der Waals surface area contributed by atoms with E-state index in [1.807, 2.05) is 30.3 Å². The Morgan fingerprint density at radius 3 is 2.56 bits per heavy atom. The summed E-state index contributed by atoms with van der Waals surface area (Å²) in [5.74, 6) is -0.502. The summed E-state index contributed by atoms with van der Waals surface area (Å²) in [7, 11) is 0. The van der Waals surface area contributed by atoms with Gasteiger partial charge in [-0.2, -0.15) is 0 Å². The maximum Gasteiger partial charge on any atom is 0.416 e. The number of carbonyl (C=O) groups is 2. The predicted octanol–water partition coefficient (Wildman–Crippen LogP) is 2.73. The molecular formula is C18H16N2O5. The van der Waals surface area contributed by atoms with E-state index in [0.717, 1.165) is 10.5 Å². The Hall–Kier alpha value is -3.22. The molecule has 1 aliphatic heterocycles. The van der Waals surface area contributed by atoms with E-state index in [9.17, 15) is 19.7 Å². The summed E-state index contributed by atoms with van der Waals surface area (Å²) in [5, 5.41) is 11.1. The van der Waals surface area contributed by atoms with Crippen LogP contribution >= 0.6 is 0 Å². The molecule has 0 radical (unpaired) electrons. The number of ether oxygens (including phenoxy) is 1. The smallest absolute Gasteiger partial charge is 0.416 e. The number of amides is 2. The van der Waals surface area contributed by atoms with Crippen molar-refractivity contribution < 1.29 is 19.2 Å².